The zero-order valence-electron chi connectivity index (χ0n) is 12.4. The van der Waals surface area contributed by atoms with Crippen LogP contribution in [0.3, 0.4) is 0 Å². The summed E-state index contributed by atoms with van der Waals surface area (Å²) in [6.45, 7) is 10.4. The van der Waals surface area contributed by atoms with E-state index in [-0.39, 0.29) is 0 Å². The minimum Gasteiger partial charge on any atom is -0.360 e. The molecule has 2 nitrogen and oxygen atoms in total. The van der Waals surface area contributed by atoms with E-state index in [1.54, 1.807) is 4.90 Å². The lowest BCUT2D eigenvalue weighted by Gasteiger charge is -2.34. The lowest BCUT2D eigenvalue weighted by atomic mass is 10.1. The summed E-state index contributed by atoms with van der Waals surface area (Å²) < 4.78 is 0. The third kappa shape index (κ3) is 3.05. The van der Waals surface area contributed by atoms with Gasteiger partial charge in [-0.1, -0.05) is 18.2 Å². The van der Waals surface area contributed by atoms with Crippen molar-refractivity contribution in [1.29, 1.82) is 0 Å². The lowest BCUT2D eigenvalue weighted by molar-refractivity contribution is -0.914. The minimum absolute atomic E-state index is 1.17. The fourth-order valence-corrected chi connectivity index (χ4v) is 3.74. The Morgan fingerprint density at radius 1 is 1.15 bits per heavy atom. The number of hydrogen-bond acceptors (Lipinski definition) is 2. The van der Waals surface area contributed by atoms with E-state index in [0.29, 0.717) is 0 Å². The first-order valence-electron chi connectivity index (χ1n) is 7.40. The summed E-state index contributed by atoms with van der Waals surface area (Å²) in [5.74, 6) is 0. The van der Waals surface area contributed by atoms with Crippen LogP contribution in [0.2, 0.25) is 0 Å². The SMILES string of the molecule is Cc1ccc(C)c(N2CC[NH+](Cc3cccs3)CC2)c1. The Bertz CT molecular complexity index is 554. The molecule has 0 aliphatic carbocycles. The molecule has 1 N–H and O–H groups in total. The van der Waals surface area contributed by atoms with Gasteiger partial charge >= 0.3 is 0 Å². The third-order valence-electron chi connectivity index (χ3n) is 4.18. The van der Waals surface area contributed by atoms with Crippen molar-refractivity contribution in [2.24, 2.45) is 0 Å². The molecule has 1 aliphatic heterocycles. The average Bonchev–Trinajstić information content (AvgIpc) is 2.95. The Labute approximate surface area is 125 Å². The number of hydrogen-bond donors (Lipinski definition) is 1. The van der Waals surface area contributed by atoms with Crippen LogP contribution in [-0.4, -0.2) is 26.2 Å². The largest absolute Gasteiger partial charge is 0.360 e. The van der Waals surface area contributed by atoms with Gasteiger partial charge in [-0.25, -0.2) is 0 Å². The second-order valence-corrected chi connectivity index (χ2v) is 6.82. The molecule has 1 aliphatic rings. The summed E-state index contributed by atoms with van der Waals surface area (Å²) in [6, 6.07) is 11.2. The number of nitrogens with zero attached hydrogens (tertiary/aromatic N) is 1. The first-order chi connectivity index (χ1) is 9.72. The lowest BCUT2D eigenvalue weighted by Crippen LogP contribution is -3.13. The van der Waals surface area contributed by atoms with Crippen LogP contribution in [0.1, 0.15) is 16.0 Å². The number of quaternary nitrogens is 1. The van der Waals surface area contributed by atoms with Gasteiger partial charge < -0.3 is 9.80 Å². The van der Waals surface area contributed by atoms with Crippen molar-refractivity contribution < 1.29 is 4.90 Å². The molecule has 0 saturated carbocycles. The van der Waals surface area contributed by atoms with Crippen molar-refractivity contribution in [3.63, 3.8) is 0 Å². The molecule has 3 heteroatoms. The second-order valence-electron chi connectivity index (χ2n) is 5.78. The van der Waals surface area contributed by atoms with Crippen LogP contribution >= 0.6 is 11.3 Å². The highest BCUT2D eigenvalue weighted by atomic mass is 32.1. The molecule has 0 amide bonds. The number of piperazine rings is 1. The maximum atomic E-state index is 2.56. The topological polar surface area (TPSA) is 7.68 Å². The molecule has 0 spiro atoms. The number of aryl methyl sites for hydroxylation is 2. The van der Waals surface area contributed by atoms with Gasteiger partial charge in [0.1, 0.15) is 6.54 Å². The molecular weight excluding hydrogens is 264 g/mol. The third-order valence-corrected chi connectivity index (χ3v) is 5.06. The van der Waals surface area contributed by atoms with Gasteiger partial charge in [0.15, 0.2) is 0 Å². The monoisotopic (exact) mass is 287 g/mol. The Morgan fingerprint density at radius 3 is 2.65 bits per heavy atom. The number of rotatable bonds is 3. The van der Waals surface area contributed by atoms with E-state index in [4.69, 9.17) is 0 Å². The Morgan fingerprint density at radius 2 is 1.95 bits per heavy atom. The van der Waals surface area contributed by atoms with Gasteiger partial charge in [0.25, 0.3) is 0 Å². The van der Waals surface area contributed by atoms with Crippen molar-refractivity contribution in [1.82, 2.24) is 0 Å². The predicted molar refractivity (Wildman–Crippen MR) is 86.8 cm³/mol. The van der Waals surface area contributed by atoms with Gasteiger partial charge in [-0.15, -0.1) is 11.3 Å². The maximum Gasteiger partial charge on any atom is 0.112 e. The number of thiophene rings is 1. The maximum absolute atomic E-state index is 2.56. The normalized spacial score (nSPS) is 16.6. The summed E-state index contributed by atoms with van der Waals surface area (Å²) in [5, 5.41) is 2.18. The van der Waals surface area contributed by atoms with E-state index in [2.05, 4.69) is 54.5 Å². The molecule has 2 aromatic rings. The van der Waals surface area contributed by atoms with Crippen LogP contribution in [0.4, 0.5) is 5.69 Å². The zero-order valence-corrected chi connectivity index (χ0v) is 13.2. The van der Waals surface area contributed by atoms with Gasteiger partial charge in [-0.2, -0.15) is 0 Å². The minimum atomic E-state index is 1.17. The Hall–Kier alpha value is -1.32. The molecule has 106 valence electrons. The molecule has 0 atom stereocenters. The van der Waals surface area contributed by atoms with E-state index in [1.807, 2.05) is 11.3 Å². The van der Waals surface area contributed by atoms with E-state index in [9.17, 15) is 0 Å². The van der Waals surface area contributed by atoms with Gasteiger partial charge in [-0.3, -0.25) is 0 Å². The molecule has 1 saturated heterocycles. The van der Waals surface area contributed by atoms with Crippen LogP contribution in [0.5, 0.6) is 0 Å². The molecule has 1 fully saturated rings. The summed E-state index contributed by atoms with van der Waals surface area (Å²) in [6.07, 6.45) is 0. The van der Waals surface area contributed by atoms with Crippen molar-refractivity contribution >= 4 is 17.0 Å². The Balaban J connectivity index is 1.62. The van der Waals surface area contributed by atoms with Crippen LogP contribution in [0, 0.1) is 13.8 Å². The second kappa shape index (κ2) is 5.98. The van der Waals surface area contributed by atoms with E-state index in [1.165, 1.54) is 54.4 Å². The number of nitrogens with one attached hydrogen (secondary N) is 1. The summed E-state index contributed by atoms with van der Waals surface area (Å²) in [5.41, 5.74) is 4.19. The standard InChI is InChI=1S/C17H22N2S/c1-14-5-6-15(2)17(12-14)19-9-7-18(8-10-19)13-16-4-3-11-20-16/h3-6,11-12H,7-10,13H2,1-2H3/p+1. The van der Waals surface area contributed by atoms with Gasteiger partial charge in [0.05, 0.1) is 31.1 Å². The highest BCUT2D eigenvalue weighted by molar-refractivity contribution is 7.09. The smallest absolute Gasteiger partial charge is 0.112 e. The van der Waals surface area contributed by atoms with E-state index in [0.717, 1.165) is 0 Å². The summed E-state index contributed by atoms with van der Waals surface area (Å²) >= 11 is 1.88. The summed E-state index contributed by atoms with van der Waals surface area (Å²) in [7, 11) is 0. The molecule has 1 aromatic carbocycles. The van der Waals surface area contributed by atoms with Crippen LogP contribution in [0.25, 0.3) is 0 Å². The molecule has 3 rings (SSSR count). The molecule has 0 bridgehead atoms. The van der Waals surface area contributed by atoms with E-state index < -0.39 is 0 Å². The fraction of sp³-hybridized carbons (Fsp3) is 0.412. The zero-order chi connectivity index (χ0) is 13.9. The molecular formula is C17H23N2S+. The molecule has 2 heterocycles. The van der Waals surface area contributed by atoms with Crippen LogP contribution in [0.15, 0.2) is 35.7 Å². The van der Waals surface area contributed by atoms with E-state index >= 15 is 0 Å². The van der Waals surface area contributed by atoms with Crippen molar-refractivity contribution in [2.75, 3.05) is 31.1 Å². The number of anilines is 1. The van der Waals surface area contributed by atoms with Crippen LogP contribution < -0.4 is 9.80 Å². The quantitative estimate of drug-likeness (QED) is 0.910. The average molecular weight is 287 g/mol. The molecule has 20 heavy (non-hydrogen) atoms. The van der Waals surface area contributed by atoms with Crippen molar-refractivity contribution in [3.05, 3.63) is 51.7 Å². The molecule has 0 unspecified atom stereocenters. The number of benzene rings is 1. The fourth-order valence-electron chi connectivity index (χ4n) is 2.96. The van der Waals surface area contributed by atoms with Crippen LogP contribution in [-0.2, 0) is 6.54 Å². The predicted octanol–water partition coefficient (Wildman–Crippen LogP) is 2.27. The van der Waals surface area contributed by atoms with Crippen molar-refractivity contribution in [2.45, 2.75) is 20.4 Å². The van der Waals surface area contributed by atoms with Crippen molar-refractivity contribution in [3.8, 4) is 0 Å². The molecule has 1 aromatic heterocycles. The van der Waals surface area contributed by atoms with Gasteiger partial charge in [0.2, 0.25) is 0 Å². The highest BCUT2D eigenvalue weighted by Gasteiger charge is 2.21. The van der Waals surface area contributed by atoms with Gasteiger partial charge in [-0.05, 0) is 42.5 Å². The summed E-state index contributed by atoms with van der Waals surface area (Å²) in [4.78, 5) is 5.79. The first kappa shape index (κ1) is 13.7. The Kier molecular flexibility index (Phi) is 4.08. The first-order valence-corrected chi connectivity index (χ1v) is 8.28. The molecule has 0 radical (unpaired) electrons. The van der Waals surface area contributed by atoms with Gasteiger partial charge in [0, 0.05) is 5.69 Å². The highest BCUT2D eigenvalue weighted by Crippen LogP contribution is 2.21.